The molecule has 0 rings (SSSR count). The highest BCUT2D eigenvalue weighted by molar-refractivity contribution is 4.89. The number of hydrogen-bond donors (Lipinski definition) is 2. The standard InChI is InChI=1S/C11H22N2O/c1-4-6-10(2)13-11(9-14-3)7-5-8-12/h1,10-11,13H,5-9,12H2,2-3H3. The van der Waals surface area contributed by atoms with Crippen LogP contribution in [0.3, 0.4) is 0 Å². The Morgan fingerprint density at radius 1 is 1.57 bits per heavy atom. The highest BCUT2D eigenvalue weighted by Gasteiger charge is 2.10. The molecule has 0 amide bonds. The van der Waals surface area contributed by atoms with Crippen molar-refractivity contribution in [2.45, 2.75) is 38.3 Å². The summed E-state index contributed by atoms with van der Waals surface area (Å²) < 4.78 is 5.13. The van der Waals surface area contributed by atoms with Gasteiger partial charge in [-0.1, -0.05) is 0 Å². The molecule has 82 valence electrons. The van der Waals surface area contributed by atoms with E-state index in [9.17, 15) is 0 Å². The highest BCUT2D eigenvalue weighted by Crippen LogP contribution is 2.00. The monoisotopic (exact) mass is 198 g/mol. The van der Waals surface area contributed by atoms with Gasteiger partial charge in [-0.05, 0) is 26.3 Å². The van der Waals surface area contributed by atoms with E-state index in [-0.39, 0.29) is 0 Å². The van der Waals surface area contributed by atoms with Crippen molar-refractivity contribution < 1.29 is 4.74 Å². The van der Waals surface area contributed by atoms with Crippen molar-refractivity contribution in [1.82, 2.24) is 5.32 Å². The van der Waals surface area contributed by atoms with Crippen molar-refractivity contribution >= 4 is 0 Å². The summed E-state index contributed by atoms with van der Waals surface area (Å²) in [6.07, 6.45) is 8.05. The van der Waals surface area contributed by atoms with Gasteiger partial charge in [-0.15, -0.1) is 12.3 Å². The topological polar surface area (TPSA) is 47.3 Å². The van der Waals surface area contributed by atoms with E-state index < -0.39 is 0 Å². The minimum Gasteiger partial charge on any atom is -0.383 e. The molecular weight excluding hydrogens is 176 g/mol. The molecule has 0 aromatic rings. The van der Waals surface area contributed by atoms with Crippen molar-refractivity contribution in [1.29, 1.82) is 0 Å². The van der Waals surface area contributed by atoms with Crippen molar-refractivity contribution in [3.8, 4) is 12.3 Å². The Labute approximate surface area is 87.4 Å². The number of hydrogen-bond acceptors (Lipinski definition) is 3. The van der Waals surface area contributed by atoms with E-state index in [2.05, 4.69) is 18.2 Å². The van der Waals surface area contributed by atoms with Crippen molar-refractivity contribution in [2.75, 3.05) is 20.3 Å². The third-order valence-corrected chi connectivity index (χ3v) is 2.07. The van der Waals surface area contributed by atoms with Crippen LogP contribution in [0.2, 0.25) is 0 Å². The fraction of sp³-hybridized carbons (Fsp3) is 0.818. The van der Waals surface area contributed by atoms with Crippen LogP contribution < -0.4 is 11.1 Å². The van der Waals surface area contributed by atoms with Gasteiger partial charge in [0.1, 0.15) is 0 Å². The van der Waals surface area contributed by atoms with Gasteiger partial charge in [0.2, 0.25) is 0 Å². The number of rotatable bonds is 8. The molecule has 0 aromatic heterocycles. The maximum Gasteiger partial charge on any atom is 0.0615 e. The normalized spacial score (nSPS) is 14.7. The Bertz CT molecular complexity index is 165. The summed E-state index contributed by atoms with van der Waals surface area (Å²) in [7, 11) is 1.71. The average Bonchev–Trinajstić information content (AvgIpc) is 2.15. The molecule has 3 heteroatoms. The van der Waals surface area contributed by atoms with Crippen LogP contribution in [0, 0.1) is 12.3 Å². The predicted octanol–water partition coefficient (Wildman–Crippen LogP) is 0.742. The molecule has 0 aliphatic heterocycles. The summed E-state index contributed by atoms with van der Waals surface area (Å²) in [6, 6.07) is 0.713. The molecular formula is C11H22N2O. The van der Waals surface area contributed by atoms with Gasteiger partial charge in [-0.2, -0.15) is 0 Å². The second kappa shape index (κ2) is 9.01. The summed E-state index contributed by atoms with van der Waals surface area (Å²) in [5, 5.41) is 3.43. The third-order valence-electron chi connectivity index (χ3n) is 2.07. The molecule has 0 aliphatic rings. The second-order valence-electron chi connectivity index (χ2n) is 3.56. The quantitative estimate of drug-likeness (QED) is 0.566. The van der Waals surface area contributed by atoms with E-state index in [1.165, 1.54) is 0 Å². The summed E-state index contributed by atoms with van der Waals surface area (Å²) in [6.45, 7) is 3.53. The fourth-order valence-corrected chi connectivity index (χ4v) is 1.42. The van der Waals surface area contributed by atoms with Crippen LogP contribution in [-0.4, -0.2) is 32.3 Å². The van der Waals surface area contributed by atoms with E-state index >= 15 is 0 Å². The number of terminal acetylenes is 1. The van der Waals surface area contributed by atoms with Gasteiger partial charge >= 0.3 is 0 Å². The number of nitrogens with one attached hydrogen (secondary N) is 1. The molecule has 0 radical (unpaired) electrons. The van der Waals surface area contributed by atoms with Gasteiger partial charge in [0.15, 0.2) is 0 Å². The van der Waals surface area contributed by atoms with E-state index in [0.29, 0.717) is 12.1 Å². The summed E-state index contributed by atoms with van der Waals surface area (Å²) in [5.41, 5.74) is 5.46. The van der Waals surface area contributed by atoms with Gasteiger partial charge in [-0.25, -0.2) is 0 Å². The van der Waals surface area contributed by atoms with Gasteiger partial charge in [0, 0.05) is 25.6 Å². The molecule has 0 saturated heterocycles. The predicted molar refractivity (Wildman–Crippen MR) is 60.0 cm³/mol. The van der Waals surface area contributed by atoms with Crippen LogP contribution in [0.15, 0.2) is 0 Å². The van der Waals surface area contributed by atoms with Crippen LogP contribution in [-0.2, 0) is 4.74 Å². The number of methoxy groups -OCH3 is 1. The fourth-order valence-electron chi connectivity index (χ4n) is 1.42. The first-order valence-electron chi connectivity index (χ1n) is 5.13. The maximum atomic E-state index is 5.46. The maximum absolute atomic E-state index is 5.46. The van der Waals surface area contributed by atoms with Crippen LogP contribution >= 0.6 is 0 Å². The molecule has 14 heavy (non-hydrogen) atoms. The average molecular weight is 198 g/mol. The van der Waals surface area contributed by atoms with E-state index in [4.69, 9.17) is 16.9 Å². The highest BCUT2D eigenvalue weighted by atomic mass is 16.5. The van der Waals surface area contributed by atoms with Gasteiger partial charge < -0.3 is 15.8 Å². The lowest BCUT2D eigenvalue weighted by atomic mass is 10.1. The molecule has 3 N–H and O–H groups in total. The minimum absolute atomic E-state index is 0.345. The van der Waals surface area contributed by atoms with Crippen LogP contribution in [0.1, 0.15) is 26.2 Å². The van der Waals surface area contributed by atoms with Crippen LogP contribution in [0.25, 0.3) is 0 Å². The second-order valence-corrected chi connectivity index (χ2v) is 3.56. The Morgan fingerprint density at radius 3 is 2.79 bits per heavy atom. The molecule has 0 saturated carbocycles. The molecule has 0 heterocycles. The summed E-state index contributed by atoms with van der Waals surface area (Å²) in [4.78, 5) is 0. The van der Waals surface area contributed by atoms with E-state index in [1.54, 1.807) is 7.11 Å². The lowest BCUT2D eigenvalue weighted by molar-refractivity contribution is 0.157. The first-order chi connectivity index (χ1) is 6.74. The zero-order valence-electron chi connectivity index (χ0n) is 9.25. The molecule has 0 aromatic carbocycles. The molecule has 2 atom stereocenters. The molecule has 0 aliphatic carbocycles. The van der Waals surface area contributed by atoms with Gasteiger partial charge in [-0.3, -0.25) is 0 Å². The number of ether oxygens (including phenoxy) is 1. The lowest BCUT2D eigenvalue weighted by Gasteiger charge is -2.21. The van der Waals surface area contributed by atoms with Crippen molar-refractivity contribution in [2.24, 2.45) is 5.73 Å². The zero-order valence-corrected chi connectivity index (χ0v) is 9.25. The first-order valence-corrected chi connectivity index (χ1v) is 5.13. The Balaban J connectivity index is 3.76. The molecule has 0 spiro atoms. The smallest absolute Gasteiger partial charge is 0.0615 e. The molecule has 2 unspecified atom stereocenters. The van der Waals surface area contributed by atoms with Crippen LogP contribution in [0.4, 0.5) is 0 Å². The Morgan fingerprint density at radius 2 is 2.29 bits per heavy atom. The first kappa shape index (κ1) is 13.4. The summed E-state index contributed by atoms with van der Waals surface area (Å²) in [5.74, 6) is 2.64. The molecule has 0 bridgehead atoms. The largest absolute Gasteiger partial charge is 0.383 e. The minimum atomic E-state index is 0.345. The Kier molecular flexibility index (Phi) is 8.65. The van der Waals surface area contributed by atoms with Gasteiger partial charge in [0.05, 0.1) is 6.61 Å². The number of nitrogens with two attached hydrogens (primary N) is 1. The zero-order chi connectivity index (χ0) is 10.8. The van der Waals surface area contributed by atoms with E-state index in [0.717, 1.165) is 32.4 Å². The van der Waals surface area contributed by atoms with Crippen molar-refractivity contribution in [3.63, 3.8) is 0 Å². The van der Waals surface area contributed by atoms with Crippen LogP contribution in [0.5, 0.6) is 0 Å². The summed E-state index contributed by atoms with van der Waals surface area (Å²) >= 11 is 0. The van der Waals surface area contributed by atoms with E-state index in [1.807, 2.05) is 0 Å². The molecule has 3 nitrogen and oxygen atoms in total. The van der Waals surface area contributed by atoms with Crippen molar-refractivity contribution in [3.05, 3.63) is 0 Å². The Hall–Kier alpha value is -0.560. The third kappa shape index (κ3) is 6.90. The SMILES string of the molecule is C#CCC(C)NC(CCCN)COC. The molecule has 0 fully saturated rings. The van der Waals surface area contributed by atoms with Gasteiger partial charge in [0.25, 0.3) is 0 Å². The lowest BCUT2D eigenvalue weighted by Crippen LogP contribution is -2.39.